The highest BCUT2D eigenvalue weighted by molar-refractivity contribution is 7.07. The molecule has 0 saturated heterocycles. The van der Waals surface area contributed by atoms with E-state index in [4.69, 9.17) is 19.2 Å². The fourth-order valence-corrected chi connectivity index (χ4v) is 6.42. The average Bonchev–Trinajstić information content (AvgIpc) is 3.38. The topological polar surface area (TPSA) is 91.2 Å². The van der Waals surface area contributed by atoms with E-state index in [1.807, 2.05) is 49.4 Å². The number of amides is 1. The minimum absolute atomic E-state index is 0.0338. The van der Waals surface area contributed by atoms with Crippen LogP contribution < -0.4 is 34.4 Å². The van der Waals surface area contributed by atoms with Gasteiger partial charge in [0.2, 0.25) is 0 Å². The SMILES string of the molecule is CCOc1ccc([C@H]2C(C(=O)Nc3ccccc3)=C(C)N=c3s/c(=C\c4ccc(OCc5ccccc5F)c(OC)c4)c(=O)n32)cc1. The molecule has 0 saturated carbocycles. The number of para-hydroxylation sites is 1. The molecule has 8 nitrogen and oxygen atoms in total. The summed E-state index contributed by atoms with van der Waals surface area (Å²) in [6.45, 7) is 4.24. The Kier molecular flexibility index (Phi) is 9.30. The van der Waals surface area contributed by atoms with Crippen molar-refractivity contribution in [2.24, 2.45) is 4.99 Å². The zero-order chi connectivity index (χ0) is 32.9. The summed E-state index contributed by atoms with van der Waals surface area (Å²) >= 11 is 1.24. The number of anilines is 1. The van der Waals surface area contributed by atoms with Crippen molar-refractivity contribution in [1.82, 2.24) is 4.57 Å². The Morgan fingerprint density at radius 1 is 0.979 bits per heavy atom. The molecule has 10 heteroatoms. The second kappa shape index (κ2) is 13.9. The number of methoxy groups -OCH3 is 1. The summed E-state index contributed by atoms with van der Waals surface area (Å²) in [5, 5.41) is 2.96. The number of carbonyl (C=O) groups excluding carboxylic acids is 1. The lowest BCUT2D eigenvalue weighted by atomic mass is 9.95. The van der Waals surface area contributed by atoms with Gasteiger partial charge in [-0.2, -0.15) is 0 Å². The lowest BCUT2D eigenvalue weighted by Crippen LogP contribution is -2.40. The Morgan fingerprint density at radius 3 is 2.45 bits per heavy atom. The first kappa shape index (κ1) is 31.5. The van der Waals surface area contributed by atoms with Gasteiger partial charge in [0, 0.05) is 11.3 Å². The summed E-state index contributed by atoms with van der Waals surface area (Å²) in [6, 6.07) is 27.5. The molecule has 1 amide bonds. The molecule has 1 aromatic heterocycles. The molecule has 1 aliphatic rings. The van der Waals surface area contributed by atoms with E-state index in [0.717, 1.165) is 5.56 Å². The van der Waals surface area contributed by atoms with Crippen molar-refractivity contribution >= 4 is 29.0 Å². The summed E-state index contributed by atoms with van der Waals surface area (Å²) in [5.74, 6) is 0.870. The van der Waals surface area contributed by atoms with E-state index in [2.05, 4.69) is 5.32 Å². The van der Waals surface area contributed by atoms with Crippen molar-refractivity contribution in [3.63, 3.8) is 0 Å². The zero-order valence-corrected chi connectivity index (χ0v) is 26.8. The molecule has 6 rings (SSSR count). The van der Waals surface area contributed by atoms with Crippen LogP contribution in [0.5, 0.6) is 17.2 Å². The molecule has 0 unspecified atom stereocenters. The van der Waals surface area contributed by atoms with Crippen LogP contribution >= 0.6 is 11.3 Å². The van der Waals surface area contributed by atoms with Crippen LogP contribution in [0.3, 0.4) is 0 Å². The number of rotatable bonds is 10. The number of nitrogens with one attached hydrogen (secondary N) is 1. The minimum atomic E-state index is -0.725. The van der Waals surface area contributed by atoms with Gasteiger partial charge < -0.3 is 19.5 Å². The summed E-state index contributed by atoms with van der Waals surface area (Å²) in [7, 11) is 1.52. The number of ether oxygens (including phenoxy) is 3. The van der Waals surface area contributed by atoms with Crippen molar-refractivity contribution in [1.29, 1.82) is 0 Å². The van der Waals surface area contributed by atoms with Gasteiger partial charge in [-0.05, 0) is 73.5 Å². The molecular weight excluding hydrogens is 617 g/mol. The summed E-state index contributed by atoms with van der Waals surface area (Å²) in [6.07, 6.45) is 1.76. The van der Waals surface area contributed by atoms with Gasteiger partial charge in [0.15, 0.2) is 16.3 Å². The van der Waals surface area contributed by atoms with E-state index >= 15 is 0 Å². The molecule has 0 bridgehead atoms. The number of aromatic nitrogens is 1. The first-order valence-corrected chi connectivity index (χ1v) is 15.8. The third kappa shape index (κ3) is 6.73. The number of fused-ring (bicyclic) bond motifs is 1. The standard InChI is InChI=1S/C37H32FN3O5S/c1-4-45-28-17-15-25(16-18-28)34-33(35(42)40-27-11-6-5-7-12-27)23(2)39-37-41(34)36(43)32(47-37)21-24-14-19-30(31(20-24)44-3)46-22-26-10-8-9-13-29(26)38/h5-21,34H,4,22H2,1-3H3,(H,40,42)/b32-21-/t34-/m0/s1. The molecule has 0 spiro atoms. The molecule has 2 heterocycles. The third-order valence-corrected chi connectivity index (χ3v) is 8.61. The van der Waals surface area contributed by atoms with Crippen LogP contribution in [0.15, 0.2) is 118 Å². The van der Waals surface area contributed by atoms with Gasteiger partial charge >= 0.3 is 0 Å². The number of thiazole rings is 1. The molecule has 0 aliphatic carbocycles. The lowest BCUT2D eigenvalue weighted by Gasteiger charge is -2.25. The number of benzene rings is 4. The van der Waals surface area contributed by atoms with Crippen LogP contribution in [-0.4, -0.2) is 24.2 Å². The minimum Gasteiger partial charge on any atom is -0.494 e. The van der Waals surface area contributed by atoms with Crippen molar-refractivity contribution < 1.29 is 23.4 Å². The Morgan fingerprint density at radius 2 is 1.72 bits per heavy atom. The zero-order valence-electron chi connectivity index (χ0n) is 26.0. The van der Waals surface area contributed by atoms with Gasteiger partial charge in [0.05, 0.1) is 35.6 Å². The number of halogens is 1. The third-order valence-electron chi connectivity index (χ3n) is 7.63. The van der Waals surface area contributed by atoms with E-state index in [-0.39, 0.29) is 23.9 Å². The largest absolute Gasteiger partial charge is 0.494 e. The van der Waals surface area contributed by atoms with Crippen LogP contribution in [0.25, 0.3) is 6.08 Å². The smallest absolute Gasteiger partial charge is 0.271 e. The second-order valence-corrected chi connectivity index (χ2v) is 11.7. The van der Waals surface area contributed by atoms with Gasteiger partial charge in [0.25, 0.3) is 11.5 Å². The first-order valence-electron chi connectivity index (χ1n) is 15.0. The molecule has 5 aromatic rings. The Hall–Kier alpha value is -5.48. The summed E-state index contributed by atoms with van der Waals surface area (Å²) in [4.78, 5) is 33.1. The molecule has 0 radical (unpaired) electrons. The fraction of sp³-hybridized carbons (Fsp3) is 0.162. The number of allylic oxidation sites excluding steroid dienone is 1. The van der Waals surface area contributed by atoms with E-state index in [1.165, 1.54) is 24.5 Å². The average molecular weight is 650 g/mol. The molecule has 47 heavy (non-hydrogen) atoms. The maximum Gasteiger partial charge on any atom is 0.271 e. The highest BCUT2D eigenvalue weighted by atomic mass is 32.1. The van der Waals surface area contributed by atoms with E-state index < -0.39 is 6.04 Å². The van der Waals surface area contributed by atoms with E-state index in [0.29, 0.717) is 61.3 Å². The molecule has 1 N–H and O–H groups in total. The lowest BCUT2D eigenvalue weighted by molar-refractivity contribution is -0.113. The molecular formula is C37H32FN3O5S. The highest BCUT2D eigenvalue weighted by Gasteiger charge is 2.32. The maximum absolute atomic E-state index is 14.1. The van der Waals surface area contributed by atoms with Gasteiger partial charge in [0.1, 0.15) is 18.2 Å². The molecule has 1 aliphatic heterocycles. The molecule has 238 valence electrons. The molecule has 1 atom stereocenters. The van der Waals surface area contributed by atoms with Crippen molar-refractivity contribution in [3.8, 4) is 17.2 Å². The number of carbonyl (C=O) groups is 1. The van der Waals surface area contributed by atoms with Gasteiger partial charge in [-0.25, -0.2) is 9.38 Å². The first-order chi connectivity index (χ1) is 22.9. The molecule has 4 aromatic carbocycles. The summed E-state index contributed by atoms with van der Waals surface area (Å²) < 4.78 is 33.2. The fourth-order valence-electron chi connectivity index (χ4n) is 5.38. The Bertz CT molecular complexity index is 2140. The Balaban J connectivity index is 1.38. The van der Waals surface area contributed by atoms with E-state index in [9.17, 15) is 14.0 Å². The number of hydrogen-bond acceptors (Lipinski definition) is 7. The van der Waals surface area contributed by atoms with Crippen LogP contribution in [0.4, 0.5) is 10.1 Å². The highest BCUT2D eigenvalue weighted by Crippen LogP contribution is 2.32. The normalized spacial score (nSPS) is 14.3. The Labute approximate surface area is 274 Å². The predicted octanol–water partition coefficient (Wildman–Crippen LogP) is 6.00. The molecule has 0 fully saturated rings. The van der Waals surface area contributed by atoms with E-state index in [1.54, 1.807) is 66.1 Å². The van der Waals surface area contributed by atoms with Gasteiger partial charge in [-0.1, -0.05) is 65.9 Å². The predicted molar refractivity (Wildman–Crippen MR) is 180 cm³/mol. The van der Waals surface area contributed by atoms with Crippen LogP contribution in [0, 0.1) is 5.82 Å². The van der Waals surface area contributed by atoms with Gasteiger partial charge in [-0.15, -0.1) is 0 Å². The maximum atomic E-state index is 14.1. The second-order valence-electron chi connectivity index (χ2n) is 10.7. The van der Waals surface area contributed by atoms with Crippen LogP contribution in [0.1, 0.15) is 36.6 Å². The summed E-state index contributed by atoms with van der Waals surface area (Å²) in [5.41, 5.74) is 3.10. The van der Waals surface area contributed by atoms with Gasteiger partial charge in [-0.3, -0.25) is 14.2 Å². The number of hydrogen-bond donors (Lipinski definition) is 1. The van der Waals surface area contributed by atoms with Crippen LogP contribution in [0.2, 0.25) is 0 Å². The van der Waals surface area contributed by atoms with Crippen molar-refractivity contribution in [2.45, 2.75) is 26.5 Å². The number of nitrogens with zero attached hydrogens (tertiary/aromatic N) is 2. The monoisotopic (exact) mass is 649 g/mol. The quantitative estimate of drug-likeness (QED) is 0.201. The van der Waals surface area contributed by atoms with Crippen molar-refractivity contribution in [2.75, 3.05) is 19.0 Å². The van der Waals surface area contributed by atoms with Crippen LogP contribution in [-0.2, 0) is 11.4 Å². The van der Waals surface area contributed by atoms with Crippen molar-refractivity contribution in [3.05, 3.63) is 151 Å².